The van der Waals surface area contributed by atoms with E-state index in [9.17, 15) is 4.79 Å². The molecule has 0 atom stereocenters. The maximum Gasteiger partial charge on any atom is 0.195 e. The molecule has 0 aliphatic carbocycles. The number of aromatic amines is 1. The fraction of sp³-hybridized carbons (Fsp3) is 0.0667. The standard InChI is InChI=1S/C15H10Br2N2O/c1-8-2-3-9(4-13(8)17)14(20)12-7-19-15-11(12)5-10(16)6-18-15/h2-7H,1H3,(H,18,19). The van der Waals surface area contributed by atoms with Crippen LogP contribution in [0.25, 0.3) is 11.0 Å². The van der Waals surface area contributed by atoms with Crippen LogP contribution < -0.4 is 0 Å². The average molecular weight is 394 g/mol. The fourth-order valence-electron chi connectivity index (χ4n) is 2.06. The van der Waals surface area contributed by atoms with Crippen LogP contribution in [0, 0.1) is 6.92 Å². The largest absolute Gasteiger partial charge is 0.345 e. The second kappa shape index (κ2) is 5.14. The monoisotopic (exact) mass is 392 g/mol. The van der Waals surface area contributed by atoms with E-state index in [0.29, 0.717) is 16.8 Å². The molecule has 0 aliphatic rings. The lowest BCUT2D eigenvalue weighted by Gasteiger charge is -2.03. The molecule has 0 unspecified atom stereocenters. The topological polar surface area (TPSA) is 45.8 Å². The number of pyridine rings is 1. The van der Waals surface area contributed by atoms with Gasteiger partial charge in [-0.25, -0.2) is 4.98 Å². The van der Waals surface area contributed by atoms with Crippen LogP contribution in [0.4, 0.5) is 0 Å². The number of hydrogen-bond donors (Lipinski definition) is 1. The maximum absolute atomic E-state index is 12.6. The van der Waals surface area contributed by atoms with E-state index >= 15 is 0 Å². The number of nitrogens with one attached hydrogen (secondary N) is 1. The van der Waals surface area contributed by atoms with Gasteiger partial charge >= 0.3 is 0 Å². The zero-order valence-corrected chi connectivity index (χ0v) is 13.7. The molecule has 1 aromatic carbocycles. The normalized spacial score (nSPS) is 10.9. The summed E-state index contributed by atoms with van der Waals surface area (Å²) in [6.07, 6.45) is 3.41. The summed E-state index contributed by atoms with van der Waals surface area (Å²) in [5.41, 5.74) is 3.10. The Bertz CT molecular complexity index is 824. The van der Waals surface area contributed by atoms with Gasteiger partial charge in [-0.1, -0.05) is 28.1 Å². The molecule has 20 heavy (non-hydrogen) atoms. The number of nitrogens with zero attached hydrogens (tertiary/aromatic N) is 1. The van der Waals surface area contributed by atoms with Gasteiger partial charge in [0.2, 0.25) is 0 Å². The van der Waals surface area contributed by atoms with Crippen molar-refractivity contribution in [2.24, 2.45) is 0 Å². The molecule has 0 saturated heterocycles. The van der Waals surface area contributed by atoms with Crippen LogP contribution in [-0.2, 0) is 0 Å². The molecule has 3 nitrogen and oxygen atoms in total. The first kappa shape index (κ1) is 13.5. The second-order valence-corrected chi connectivity index (χ2v) is 6.32. The minimum Gasteiger partial charge on any atom is -0.345 e. The lowest BCUT2D eigenvalue weighted by Crippen LogP contribution is -2.00. The predicted octanol–water partition coefficient (Wildman–Crippen LogP) is 4.63. The molecule has 3 aromatic rings. The van der Waals surface area contributed by atoms with Gasteiger partial charge in [-0.05, 0) is 40.5 Å². The number of ketones is 1. The molecular formula is C15H10Br2N2O. The van der Waals surface area contributed by atoms with Gasteiger partial charge in [0.15, 0.2) is 5.78 Å². The average Bonchev–Trinajstić information content (AvgIpc) is 2.84. The van der Waals surface area contributed by atoms with Gasteiger partial charge in [0.05, 0.1) is 0 Å². The van der Waals surface area contributed by atoms with Crippen molar-refractivity contribution in [2.45, 2.75) is 6.92 Å². The molecule has 0 spiro atoms. The van der Waals surface area contributed by atoms with E-state index < -0.39 is 0 Å². The number of carbonyl (C=O) groups excluding carboxylic acids is 1. The third kappa shape index (κ3) is 2.31. The van der Waals surface area contributed by atoms with E-state index in [1.165, 1.54) is 0 Å². The molecule has 2 heterocycles. The van der Waals surface area contributed by atoms with Crippen molar-refractivity contribution in [2.75, 3.05) is 0 Å². The minimum absolute atomic E-state index is 0.0168. The van der Waals surface area contributed by atoms with Crippen molar-refractivity contribution in [1.29, 1.82) is 0 Å². The highest BCUT2D eigenvalue weighted by molar-refractivity contribution is 9.10. The SMILES string of the molecule is Cc1ccc(C(=O)c2c[nH]c3ncc(Br)cc23)cc1Br. The molecular weight excluding hydrogens is 384 g/mol. The Morgan fingerprint density at radius 1 is 1.25 bits per heavy atom. The van der Waals surface area contributed by atoms with Gasteiger partial charge in [0, 0.05) is 37.9 Å². The molecule has 0 saturated carbocycles. The van der Waals surface area contributed by atoms with E-state index in [0.717, 1.165) is 19.9 Å². The van der Waals surface area contributed by atoms with E-state index in [1.807, 2.05) is 31.2 Å². The number of fused-ring (bicyclic) bond motifs is 1. The van der Waals surface area contributed by atoms with Crippen LogP contribution >= 0.6 is 31.9 Å². The lowest BCUT2D eigenvalue weighted by molar-refractivity contribution is 0.104. The third-order valence-corrected chi connectivity index (χ3v) is 4.46. The maximum atomic E-state index is 12.6. The van der Waals surface area contributed by atoms with Gasteiger partial charge in [-0.2, -0.15) is 0 Å². The van der Waals surface area contributed by atoms with Crippen molar-refractivity contribution in [3.8, 4) is 0 Å². The number of aromatic nitrogens is 2. The van der Waals surface area contributed by atoms with Gasteiger partial charge < -0.3 is 4.98 Å². The fourth-order valence-corrected chi connectivity index (χ4v) is 2.77. The highest BCUT2D eigenvalue weighted by atomic mass is 79.9. The summed E-state index contributed by atoms with van der Waals surface area (Å²) in [6, 6.07) is 7.52. The Morgan fingerprint density at radius 3 is 2.80 bits per heavy atom. The Hall–Kier alpha value is -1.46. The summed E-state index contributed by atoms with van der Waals surface area (Å²) in [5, 5.41) is 0.820. The highest BCUT2D eigenvalue weighted by Crippen LogP contribution is 2.25. The first-order chi connectivity index (χ1) is 9.56. The van der Waals surface area contributed by atoms with Gasteiger partial charge in [0.1, 0.15) is 5.65 Å². The molecule has 5 heteroatoms. The first-order valence-electron chi connectivity index (χ1n) is 6.00. The molecule has 0 aliphatic heterocycles. The van der Waals surface area contributed by atoms with Crippen LogP contribution in [0.1, 0.15) is 21.5 Å². The highest BCUT2D eigenvalue weighted by Gasteiger charge is 2.15. The Morgan fingerprint density at radius 2 is 2.05 bits per heavy atom. The van der Waals surface area contributed by atoms with Crippen molar-refractivity contribution in [1.82, 2.24) is 9.97 Å². The van der Waals surface area contributed by atoms with Crippen LogP contribution in [-0.4, -0.2) is 15.8 Å². The summed E-state index contributed by atoms with van der Waals surface area (Å²) >= 11 is 6.84. The smallest absolute Gasteiger partial charge is 0.195 e. The first-order valence-corrected chi connectivity index (χ1v) is 7.58. The lowest BCUT2D eigenvalue weighted by atomic mass is 10.0. The number of H-pyrrole nitrogens is 1. The van der Waals surface area contributed by atoms with E-state index in [2.05, 4.69) is 41.8 Å². The third-order valence-electron chi connectivity index (χ3n) is 3.18. The molecule has 1 N–H and O–H groups in total. The van der Waals surface area contributed by atoms with Crippen molar-refractivity contribution < 1.29 is 4.79 Å². The van der Waals surface area contributed by atoms with Crippen LogP contribution in [0.5, 0.6) is 0 Å². The molecule has 0 bridgehead atoms. The summed E-state index contributed by atoms with van der Waals surface area (Å²) in [6.45, 7) is 1.99. The van der Waals surface area contributed by atoms with Gasteiger partial charge in [-0.3, -0.25) is 4.79 Å². The Kier molecular flexibility index (Phi) is 3.48. The quantitative estimate of drug-likeness (QED) is 0.645. The summed E-state index contributed by atoms with van der Waals surface area (Å²) in [4.78, 5) is 19.9. The summed E-state index contributed by atoms with van der Waals surface area (Å²) in [5.74, 6) is -0.0168. The number of rotatable bonds is 2. The molecule has 2 aromatic heterocycles. The van der Waals surface area contributed by atoms with E-state index in [1.54, 1.807) is 12.4 Å². The number of carbonyl (C=O) groups is 1. The van der Waals surface area contributed by atoms with Gasteiger partial charge in [0.25, 0.3) is 0 Å². The summed E-state index contributed by atoms with van der Waals surface area (Å²) < 4.78 is 1.78. The zero-order valence-electron chi connectivity index (χ0n) is 10.6. The van der Waals surface area contributed by atoms with E-state index in [-0.39, 0.29) is 5.78 Å². The Labute approximate surface area is 132 Å². The molecule has 3 rings (SSSR count). The number of benzene rings is 1. The number of halogens is 2. The molecule has 100 valence electrons. The number of aryl methyl sites for hydroxylation is 1. The molecule has 0 radical (unpaired) electrons. The second-order valence-electron chi connectivity index (χ2n) is 4.55. The van der Waals surface area contributed by atoms with Gasteiger partial charge in [-0.15, -0.1) is 0 Å². The molecule has 0 amide bonds. The zero-order chi connectivity index (χ0) is 14.3. The van der Waals surface area contributed by atoms with Crippen LogP contribution in [0.2, 0.25) is 0 Å². The van der Waals surface area contributed by atoms with Crippen molar-refractivity contribution >= 4 is 48.7 Å². The van der Waals surface area contributed by atoms with Crippen molar-refractivity contribution in [3.63, 3.8) is 0 Å². The van der Waals surface area contributed by atoms with Crippen LogP contribution in [0.15, 0.2) is 45.6 Å². The predicted molar refractivity (Wildman–Crippen MR) is 86.1 cm³/mol. The Balaban J connectivity index is 2.12. The van der Waals surface area contributed by atoms with Crippen LogP contribution in [0.3, 0.4) is 0 Å². The van der Waals surface area contributed by atoms with Crippen molar-refractivity contribution in [3.05, 3.63) is 62.3 Å². The van der Waals surface area contributed by atoms with E-state index in [4.69, 9.17) is 0 Å². The number of hydrogen-bond acceptors (Lipinski definition) is 2. The molecule has 0 fully saturated rings. The minimum atomic E-state index is -0.0168. The summed E-state index contributed by atoms with van der Waals surface area (Å²) in [7, 11) is 0.